The quantitative estimate of drug-likeness (QED) is 0.546. The second kappa shape index (κ2) is 4.88. The van der Waals surface area contributed by atoms with Crippen LogP contribution >= 0.6 is 0 Å². The Morgan fingerprint density at radius 2 is 1.80 bits per heavy atom. The fourth-order valence-electron chi connectivity index (χ4n) is 1.02. The fourth-order valence-corrected chi connectivity index (χ4v) is 2.80. The van der Waals surface area contributed by atoms with Gasteiger partial charge in [0.05, 0.1) is 10.7 Å². The number of rotatable bonds is 5. The highest BCUT2D eigenvalue weighted by molar-refractivity contribution is 7.90. The van der Waals surface area contributed by atoms with Gasteiger partial charge in [0.1, 0.15) is 0 Å². The van der Waals surface area contributed by atoms with Crippen LogP contribution in [0.3, 0.4) is 0 Å². The van der Waals surface area contributed by atoms with Gasteiger partial charge in [-0.25, -0.2) is 0 Å². The molecule has 88 valence electrons. The molecule has 6 nitrogen and oxygen atoms in total. The Morgan fingerprint density at radius 3 is 2.07 bits per heavy atom. The summed E-state index contributed by atoms with van der Waals surface area (Å²) in [5.41, 5.74) is 0. The van der Waals surface area contributed by atoms with Crippen molar-refractivity contribution in [2.24, 2.45) is 5.92 Å². The van der Waals surface area contributed by atoms with E-state index in [1.165, 1.54) is 6.92 Å². The monoisotopic (exact) mass is 256 g/mol. The van der Waals surface area contributed by atoms with Crippen LogP contribution in [0, 0.1) is 5.92 Å². The summed E-state index contributed by atoms with van der Waals surface area (Å²) >= 11 is 0. The average molecular weight is 256 g/mol. The highest BCUT2D eigenvalue weighted by Gasteiger charge is 2.24. The zero-order chi connectivity index (χ0) is 12.3. The first-order chi connectivity index (χ1) is 6.58. The maximum absolute atomic E-state index is 10.8. The lowest BCUT2D eigenvalue weighted by Gasteiger charge is -2.10. The highest BCUT2D eigenvalue weighted by Crippen LogP contribution is 2.18. The molecular formula is C7H12O6S2. The van der Waals surface area contributed by atoms with Gasteiger partial charge in [-0.2, -0.15) is 16.8 Å². The molecule has 0 amide bonds. The summed E-state index contributed by atoms with van der Waals surface area (Å²) in [7, 11) is -8.78. The molecule has 0 bridgehead atoms. The minimum atomic E-state index is -4.48. The van der Waals surface area contributed by atoms with E-state index in [0.717, 1.165) is 12.2 Å². The van der Waals surface area contributed by atoms with Crippen molar-refractivity contribution in [1.82, 2.24) is 0 Å². The lowest BCUT2D eigenvalue weighted by atomic mass is 10.2. The van der Waals surface area contributed by atoms with Gasteiger partial charge in [0.2, 0.25) is 0 Å². The SMILES string of the molecule is C=C/C=C(\C(C)CS(=O)(=O)O)S(=O)(=O)O. The fraction of sp³-hybridized carbons (Fsp3) is 0.429. The van der Waals surface area contributed by atoms with E-state index < -0.39 is 36.8 Å². The first-order valence-corrected chi connectivity index (χ1v) is 6.88. The van der Waals surface area contributed by atoms with Crippen LogP contribution in [0.1, 0.15) is 6.92 Å². The predicted molar refractivity (Wildman–Crippen MR) is 55.4 cm³/mol. The summed E-state index contributed by atoms with van der Waals surface area (Å²) in [6.07, 6.45) is 2.08. The first kappa shape index (κ1) is 14.3. The van der Waals surface area contributed by atoms with Gasteiger partial charge in [0, 0.05) is 5.92 Å². The smallest absolute Gasteiger partial charge is 0.286 e. The van der Waals surface area contributed by atoms with Gasteiger partial charge in [0.15, 0.2) is 0 Å². The molecule has 0 spiro atoms. The van der Waals surface area contributed by atoms with Crippen molar-refractivity contribution in [3.05, 3.63) is 23.6 Å². The van der Waals surface area contributed by atoms with E-state index in [-0.39, 0.29) is 0 Å². The molecule has 0 rings (SSSR count). The molecule has 1 unspecified atom stereocenters. The van der Waals surface area contributed by atoms with Crippen LogP contribution in [0.5, 0.6) is 0 Å². The van der Waals surface area contributed by atoms with Crippen molar-refractivity contribution in [2.45, 2.75) is 6.92 Å². The van der Waals surface area contributed by atoms with Gasteiger partial charge in [-0.15, -0.1) is 0 Å². The summed E-state index contributed by atoms with van der Waals surface area (Å²) in [4.78, 5) is -0.505. The van der Waals surface area contributed by atoms with Gasteiger partial charge in [0.25, 0.3) is 20.2 Å². The molecule has 0 radical (unpaired) electrons. The van der Waals surface area contributed by atoms with Gasteiger partial charge in [-0.1, -0.05) is 19.6 Å². The average Bonchev–Trinajstić information content (AvgIpc) is 1.93. The summed E-state index contributed by atoms with van der Waals surface area (Å²) in [6, 6.07) is 0. The topological polar surface area (TPSA) is 109 Å². The Hall–Kier alpha value is -0.700. The summed E-state index contributed by atoms with van der Waals surface area (Å²) in [5.74, 6) is -1.83. The molecule has 0 aromatic heterocycles. The van der Waals surface area contributed by atoms with Gasteiger partial charge >= 0.3 is 0 Å². The predicted octanol–water partition coefficient (Wildman–Crippen LogP) is 0.468. The van der Waals surface area contributed by atoms with Crippen LogP contribution in [0.25, 0.3) is 0 Å². The molecule has 0 aliphatic carbocycles. The summed E-state index contributed by atoms with van der Waals surface area (Å²) in [5, 5.41) is 0. The van der Waals surface area contributed by atoms with E-state index >= 15 is 0 Å². The maximum Gasteiger partial charge on any atom is 0.290 e. The second-order valence-electron chi connectivity index (χ2n) is 2.93. The number of hydrogen-bond acceptors (Lipinski definition) is 4. The molecule has 1 atom stereocenters. The first-order valence-electron chi connectivity index (χ1n) is 3.83. The molecule has 0 saturated heterocycles. The van der Waals surface area contributed by atoms with Gasteiger partial charge < -0.3 is 0 Å². The summed E-state index contributed by atoms with van der Waals surface area (Å²) in [6.45, 7) is 4.48. The van der Waals surface area contributed by atoms with Gasteiger partial charge in [-0.05, 0) is 6.08 Å². The lowest BCUT2D eigenvalue weighted by Crippen LogP contribution is -2.19. The maximum atomic E-state index is 10.8. The highest BCUT2D eigenvalue weighted by atomic mass is 32.2. The lowest BCUT2D eigenvalue weighted by molar-refractivity contribution is 0.472. The third-order valence-electron chi connectivity index (χ3n) is 1.53. The molecule has 0 heterocycles. The Labute approximate surface area is 88.8 Å². The molecule has 0 fully saturated rings. The molecule has 8 heteroatoms. The van der Waals surface area contributed by atoms with Crippen molar-refractivity contribution in [1.29, 1.82) is 0 Å². The van der Waals surface area contributed by atoms with E-state index in [1.807, 2.05) is 0 Å². The van der Waals surface area contributed by atoms with Crippen LogP contribution in [-0.4, -0.2) is 31.7 Å². The molecule has 0 aromatic carbocycles. The Bertz CT molecular complexity index is 456. The van der Waals surface area contributed by atoms with Crippen molar-refractivity contribution < 1.29 is 25.9 Å². The molecule has 0 aliphatic rings. The van der Waals surface area contributed by atoms with Crippen molar-refractivity contribution >= 4 is 20.2 Å². The third-order valence-corrected chi connectivity index (χ3v) is 3.58. The largest absolute Gasteiger partial charge is 0.290 e. The van der Waals surface area contributed by atoms with Crippen LogP contribution in [0.2, 0.25) is 0 Å². The number of allylic oxidation sites excluding steroid dienone is 3. The van der Waals surface area contributed by atoms with E-state index in [0.29, 0.717) is 0 Å². The number of hydrogen-bond donors (Lipinski definition) is 2. The molecule has 2 N–H and O–H groups in total. The zero-order valence-electron chi connectivity index (χ0n) is 7.99. The standard InChI is InChI=1S/C7H12O6S2/c1-3-4-7(15(11,12)13)6(2)5-14(8,9)10/h3-4,6H,1,5H2,2H3,(H,8,9,10)(H,11,12,13)/b7-4+. The van der Waals surface area contributed by atoms with Crippen LogP contribution in [0.4, 0.5) is 0 Å². The van der Waals surface area contributed by atoms with Crippen molar-refractivity contribution in [3.8, 4) is 0 Å². The van der Waals surface area contributed by atoms with Crippen molar-refractivity contribution in [2.75, 3.05) is 5.75 Å². The molecule has 0 aromatic rings. The van der Waals surface area contributed by atoms with E-state index in [4.69, 9.17) is 9.11 Å². The van der Waals surface area contributed by atoms with Crippen LogP contribution in [0.15, 0.2) is 23.6 Å². The molecule has 0 aliphatic heterocycles. The molecule has 15 heavy (non-hydrogen) atoms. The third kappa shape index (κ3) is 5.67. The van der Waals surface area contributed by atoms with Gasteiger partial charge in [-0.3, -0.25) is 9.11 Å². The normalized spacial score (nSPS) is 16.1. The molecular weight excluding hydrogens is 244 g/mol. The molecule has 0 saturated carbocycles. The Kier molecular flexibility index (Phi) is 4.65. The van der Waals surface area contributed by atoms with Crippen LogP contribution in [-0.2, 0) is 20.2 Å². The Morgan fingerprint density at radius 1 is 1.33 bits per heavy atom. The minimum absolute atomic E-state index is 0.505. The Balaban J connectivity index is 5.16. The van der Waals surface area contributed by atoms with E-state index in [9.17, 15) is 16.8 Å². The minimum Gasteiger partial charge on any atom is -0.286 e. The second-order valence-corrected chi connectivity index (χ2v) is 5.85. The van der Waals surface area contributed by atoms with Crippen LogP contribution < -0.4 is 0 Å². The summed E-state index contributed by atoms with van der Waals surface area (Å²) < 4.78 is 59.9. The van der Waals surface area contributed by atoms with E-state index in [2.05, 4.69) is 6.58 Å². The van der Waals surface area contributed by atoms with Crippen molar-refractivity contribution in [3.63, 3.8) is 0 Å². The van der Waals surface area contributed by atoms with E-state index in [1.54, 1.807) is 0 Å². The zero-order valence-corrected chi connectivity index (χ0v) is 9.62.